The van der Waals surface area contributed by atoms with Gasteiger partial charge in [0.2, 0.25) is 0 Å². The van der Waals surface area contributed by atoms with Crippen LogP contribution in [0.4, 0.5) is 0 Å². The zero-order chi connectivity index (χ0) is 22.5. The fourth-order valence-corrected chi connectivity index (χ4v) is 4.16. The zero-order valence-electron chi connectivity index (χ0n) is 17.6. The van der Waals surface area contributed by atoms with Crippen molar-refractivity contribution in [2.45, 2.75) is 31.1 Å². The van der Waals surface area contributed by atoms with Gasteiger partial charge in [-0.1, -0.05) is 35.5 Å². The third kappa shape index (κ3) is 4.58. The van der Waals surface area contributed by atoms with E-state index in [4.69, 9.17) is 9.26 Å². The van der Waals surface area contributed by atoms with Crippen LogP contribution in [0.5, 0.6) is 0 Å². The van der Waals surface area contributed by atoms with Gasteiger partial charge in [-0.25, -0.2) is 9.48 Å². The van der Waals surface area contributed by atoms with E-state index in [1.807, 2.05) is 55.5 Å². The van der Waals surface area contributed by atoms with Crippen LogP contribution in [0.3, 0.4) is 0 Å². The van der Waals surface area contributed by atoms with Crippen LogP contribution in [0.2, 0.25) is 0 Å². The Morgan fingerprint density at radius 3 is 2.62 bits per heavy atom. The zero-order valence-corrected chi connectivity index (χ0v) is 18.4. The van der Waals surface area contributed by atoms with E-state index in [9.17, 15) is 10.1 Å². The lowest BCUT2D eigenvalue weighted by molar-refractivity contribution is 0.0460. The predicted molar refractivity (Wildman–Crippen MR) is 119 cm³/mol. The van der Waals surface area contributed by atoms with Gasteiger partial charge in [-0.15, -0.1) is 11.8 Å². The van der Waals surface area contributed by atoms with Crippen LogP contribution in [-0.2, 0) is 17.1 Å². The quantitative estimate of drug-likeness (QED) is 0.292. The average molecular weight is 445 g/mol. The van der Waals surface area contributed by atoms with E-state index in [0.717, 1.165) is 22.0 Å². The highest BCUT2D eigenvalue weighted by molar-refractivity contribution is 7.98. The lowest BCUT2D eigenvalue weighted by Gasteiger charge is -2.11. The molecule has 0 fully saturated rings. The van der Waals surface area contributed by atoms with E-state index < -0.39 is 5.97 Å². The maximum atomic E-state index is 12.9. The van der Waals surface area contributed by atoms with Gasteiger partial charge in [0.05, 0.1) is 34.1 Å². The Balaban J connectivity index is 1.53. The monoisotopic (exact) mass is 444 g/mol. The molecule has 0 unspecified atom stereocenters. The average Bonchev–Trinajstić information content (AvgIpc) is 3.38. The third-order valence-corrected chi connectivity index (χ3v) is 5.86. The number of carbonyl (C=O) groups excluding carboxylic acids is 1. The van der Waals surface area contributed by atoms with Gasteiger partial charge < -0.3 is 9.26 Å². The molecule has 32 heavy (non-hydrogen) atoms. The van der Waals surface area contributed by atoms with E-state index in [0.29, 0.717) is 28.3 Å². The lowest BCUT2D eigenvalue weighted by atomic mass is 10.2. The number of nitriles is 1. The molecular formula is C24H20N4O3S. The molecule has 8 heteroatoms. The summed E-state index contributed by atoms with van der Waals surface area (Å²) in [4.78, 5) is 13.7. The maximum absolute atomic E-state index is 12.9. The molecule has 0 radical (unpaired) electrons. The summed E-state index contributed by atoms with van der Waals surface area (Å²) in [5, 5.41) is 18.0. The first-order chi connectivity index (χ1) is 15.6. The predicted octanol–water partition coefficient (Wildman–Crippen LogP) is 5.00. The molecule has 0 saturated heterocycles. The van der Waals surface area contributed by atoms with E-state index in [1.54, 1.807) is 23.7 Å². The highest BCUT2D eigenvalue weighted by atomic mass is 32.2. The number of esters is 1. The van der Waals surface area contributed by atoms with Gasteiger partial charge in [0.15, 0.2) is 0 Å². The summed E-state index contributed by atoms with van der Waals surface area (Å²) in [5.41, 5.74) is 3.58. The lowest BCUT2D eigenvalue weighted by Crippen LogP contribution is -2.11. The summed E-state index contributed by atoms with van der Waals surface area (Å²) in [5.74, 6) is 0.810. The van der Waals surface area contributed by atoms with Crippen molar-refractivity contribution >= 4 is 17.7 Å². The Labute approximate surface area is 189 Å². The van der Waals surface area contributed by atoms with Crippen molar-refractivity contribution in [2.75, 3.05) is 0 Å². The number of ether oxygens (including phenoxy) is 1. The van der Waals surface area contributed by atoms with Gasteiger partial charge in [-0.3, -0.25) is 0 Å². The third-order valence-electron chi connectivity index (χ3n) is 4.76. The molecule has 7 nitrogen and oxygen atoms in total. The maximum Gasteiger partial charge on any atom is 0.339 e. The van der Waals surface area contributed by atoms with Crippen LogP contribution < -0.4 is 0 Å². The topological polar surface area (TPSA) is 93.9 Å². The molecule has 0 bridgehead atoms. The number of hydrogen-bond donors (Lipinski definition) is 0. The highest BCUT2D eigenvalue weighted by Crippen LogP contribution is 2.28. The molecule has 0 aliphatic rings. The van der Waals surface area contributed by atoms with Crippen molar-refractivity contribution in [1.82, 2.24) is 14.9 Å². The Kier molecular flexibility index (Phi) is 6.38. The molecule has 0 aliphatic carbocycles. The van der Waals surface area contributed by atoms with Crippen molar-refractivity contribution < 1.29 is 14.1 Å². The molecule has 0 amide bonds. The van der Waals surface area contributed by atoms with Gasteiger partial charge in [0.1, 0.15) is 24.0 Å². The molecule has 0 saturated carbocycles. The number of aromatic nitrogens is 3. The Bertz CT molecular complexity index is 1290. The standard InChI is InChI=1S/C24H20N4O3S/c1-16-12-19(31-27-16)15-32-23-11-7-6-10-20(23)24(29)30-14-22-21(13-25)17(2)26-28(22)18-8-4-3-5-9-18/h3-12H,14-15H2,1-2H3. The summed E-state index contributed by atoms with van der Waals surface area (Å²) < 4.78 is 12.5. The molecule has 160 valence electrons. The second-order valence-electron chi connectivity index (χ2n) is 7.06. The van der Waals surface area contributed by atoms with Crippen molar-refractivity contribution in [3.8, 4) is 11.8 Å². The minimum absolute atomic E-state index is 0.0717. The van der Waals surface area contributed by atoms with Crippen LogP contribution in [0, 0.1) is 25.2 Å². The number of nitrogens with zero attached hydrogens (tertiary/aromatic N) is 4. The summed E-state index contributed by atoms with van der Waals surface area (Å²) in [6.45, 7) is 3.55. The molecule has 4 aromatic rings. The summed E-state index contributed by atoms with van der Waals surface area (Å²) in [7, 11) is 0. The highest BCUT2D eigenvalue weighted by Gasteiger charge is 2.20. The van der Waals surface area contributed by atoms with Crippen LogP contribution in [0.15, 0.2) is 70.1 Å². The number of carbonyl (C=O) groups is 1. The first-order valence-electron chi connectivity index (χ1n) is 9.92. The van der Waals surface area contributed by atoms with Gasteiger partial charge in [-0.05, 0) is 38.1 Å². The van der Waals surface area contributed by atoms with Crippen LogP contribution >= 0.6 is 11.8 Å². The van der Waals surface area contributed by atoms with Crippen molar-refractivity contribution in [3.05, 3.63) is 94.6 Å². The van der Waals surface area contributed by atoms with Gasteiger partial charge in [0.25, 0.3) is 0 Å². The summed E-state index contributed by atoms with van der Waals surface area (Å²) >= 11 is 1.47. The fraction of sp³-hybridized carbons (Fsp3) is 0.167. The number of benzene rings is 2. The van der Waals surface area contributed by atoms with Crippen molar-refractivity contribution in [1.29, 1.82) is 5.26 Å². The van der Waals surface area contributed by atoms with Gasteiger partial charge in [-0.2, -0.15) is 10.4 Å². The molecule has 0 aliphatic heterocycles. The molecule has 4 rings (SSSR count). The smallest absolute Gasteiger partial charge is 0.339 e. The molecule has 2 aromatic carbocycles. The second-order valence-corrected chi connectivity index (χ2v) is 8.08. The Morgan fingerprint density at radius 2 is 1.91 bits per heavy atom. The molecule has 2 heterocycles. The molecular weight excluding hydrogens is 424 g/mol. The van der Waals surface area contributed by atoms with Crippen molar-refractivity contribution in [2.24, 2.45) is 0 Å². The first kappa shape index (κ1) is 21.4. The first-order valence-corrected chi connectivity index (χ1v) is 10.9. The summed E-state index contributed by atoms with van der Waals surface area (Å²) in [6, 6.07) is 20.7. The fourth-order valence-electron chi connectivity index (χ4n) is 3.24. The minimum atomic E-state index is -0.468. The second kappa shape index (κ2) is 9.54. The number of para-hydroxylation sites is 1. The van der Waals surface area contributed by atoms with E-state index in [1.165, 1.54) is 11.8 Å². The Morgan fingerprint density at radius 1 is 1.16 bits per heavy atom. The number of rotatable bonds is 7. The summed E-state index contributed by atoms with van der Waals surface area (Å²) in [6.07, 6.45) is 0. The van der Waals surface area contributed by atoms with Crippen LogP contribution in [0.1, 0.15) is 38.8 Å². The van der Waals surface area contributed by atoms with Crippen LogP contribution in [0.25, 0.3) is 5.69 Å². The van der Waals surface area contributed by atoms with Gasteiger partial charge in [0, 0.05) is 11.0 Å². The van der Waals surface area contributed by atoms with E-state index in [-0.39, 0.29) is 6.61 Å². The van der Waals surface area contributed by atoms with E-state index >= 15 is 0 Å². The normalized spacial score (nSPS) is 10.7. The molecule has 0 N–H and O–H groups in total. The van der Waals surface area contributed by atoms with Crippen molar-refractivity contribution in [3.63, 3.8) is 0 Å². The van der Waals surface area contributed by atoms with Gasteiger partial charge >= 0.3 is 5.97 Å². The largest absolute Gasteiger partial charge is 0.455 e. The number of aryl methyl sites for hydroxylation is 2. The SMILES string of the molecule is Cc1cc(CSc2ccccc2C(=O)OCc2c(C#N)c(C)nn2-c2ccccc2)on1. The molecule has 2 aromatic heterocycles. The minimum Gasteiger partial charge on any atom is -0.455 e. The van der Waals surface area contributed by atoms with Crippen LogP contribution in [-0.4, -0.2) is 20.9 Å². The number of hydrogen-bond acceptors (Lipinski definition) is 7. The molecule has 0 atom stereocenters. The van der Waals surface area contributed by atoms with E-state index in [2.05, 4.69) is 16.3 Å². The molecule has 0 spiro atoms. The number of thioether (sulfide) groups is 1. The Hall–Kier alpha value is -3.83.